The smallest absolute Gasteiger partial charge is 0.261 e. The molecule has 0 bridgehead atoms. The number of aliphatic hydroxyl groups excluding tert-OH is 8. The number of fused-ring (bicyclic) bond motifs is 3. The molecule has 0 radical (unpaired) electrons. The first-order chi connectivity index (χ1) is 49.0. The molecular weight excluding hydrogens is 1380 g/mol. The quantitative estimate of drug-likeness (QED) is 0.0119. The van der Waals surface area contributed by atoms with Crippen LogP contribution in [0.5, 0.6) is 11.5 Å². The summed E-state index contributed by atoms with van der Waals surface area (Å²) < 4.78 is 22.1. The number of amides is 7. The van der Waals surface area contributed by atoms with Crippen LogP contribution < -0.4 is 41.0 Å². The van der Waals surface area contributed by atoms with Crippen molar-refractivity contribution in [3.05, 3.63) is 84.1 Å². The first-order valence-electron chi connectivity index (χ1n) is 33.7. The molecule has 3 aromatic carbocycles. The van der Waals surface area contributed by atoms with E-state index in [4.69, 9.17) is 29.0 Å². The number of aliphatic hydroxyl groups is 8. The lowest BCUT2D eigenvalue weighted by Gasteiger charge is -2.34. The summed E-state index contributed by atoms with van der Waals surface area (Å²) >= 11 is 1.46. The molecule has 16 N–H and O–H groups in total. The number of unbranched alkanes of at least 4 members (excludes halogenated alkanes) is 1. The Hall–Kier alpha value is -7.76. The van der Waals surface area contributed by atoms with Crippen LogP contribution in [0.2, 0.25) is 0 Å². The van der Waals surface area contributed by atoms with E-state index in [1.54, 1.807) is 30.0 Å². The second-order valence-corrected chi connectivity index (χ2v) is 27.4. The monoisotopic (exact) mass is 1470 g/mol. The highest BCUT2D eigenvalue weighted by molar-refractivity contribution is 7.90. The fraction of sp³-hybridized carbons (Fsp3) is 0.561. The molecule has 34 nitrogen and oxygen atoms in total. The number of rotatable bonds is 27. The predicted octanol–water partition coefficient (Wildman–Crippen LogP) is -1.87. The van der Waals surface area contributed by atoms with Crippen molar-refractivity contribution in [1.29, 1.82) is 0 Å². The topological polar surface area (TPSA) is 480 Å². The second kappa shape index (κ2) is 37.1. The Morgan fingerprint density at radius 1 is 0.794 bits per heavy atom. The Kier molecular flexibility index (Phi) is 28.5. The Morgan fingerprint density at radius 2 is 1.48 bits per heavy atom. The maximum atomic E-state index is 15.0. The number of aromatic nitrogens is 3. The zero-order valence-corrected chi connectivity index (χ0v) is 58.0. The van der Waals surface area contributed by atoms with Crippen molar-refractivity contribution in [2.75, 3.05) is 84.3 Å². The average Bonchev–Trinajstić information content (AvgIpc) is 1.64. The summed E-state index contributed by atoms with van der Waals surface area (Å²) in [5, 5.41) is 132. The molecule has 0 unspecified atom stereocenters. The van der Waals surface area contributed by atoms with Crippen molar-refractivity contribution < 1.29 is 108 Å². The largest absolute Gasteiger partial charge is 0.504 e. The van der Waals surface area contributed by atoms with Gasteiger partial charge in [0.05, 0.1) is 67.8 Å². The standard InChI is InChI=1S/C66H90N12O22S2/c1-35-29-77-56(57(35)87)62(92)68-28-44(82)26-46(69-58(88)40-9-7-39(8-10-40)47-31-78-66(70-47)101-63(74-78)41-11-13-43(14-12-41)75-20-17-37(18-21-75)34-97-23-5-4-22-96-3)59(89)71-53(36(2)81)64(93)76-30-45(83)27-48(76)60(90)72-54(51(86)24-38-6-15-49(84)52(25-38)98-102-100-99-95)61(91)73-55(65(77)94)50(85)16-19-67-42(32-79)33-80/h6-15,25,31,35-37,42,44-46,48,50-51,53-57,67,79-87,95H,4-5,16-24,26-30,32-34H2,1-3H3,(H,68,92)(H,69,88)(H,71,89)(H,72,90)(H,73,91)/t35-,36+,44+,45+,46-,48-,50+,51+,53-,54-,55-,56-,57-/m0/s1. The van der Waals surface area contributed by atoms with E-state index >= 15 is 4.79 Å². The molecule has 4 saturated heterocycles. The van der Waals surface area contributed by atoms with Crippen LogP contribution in [0.4, 0.5) is 5.69 Å². The first kappa shape index (κ1) is 78.4. The molecule has 9 rings (SSSR count). The molecule has 4 fully saturated rings. The van der Waals surface area contributed by atoms with Gasteiger partial charge in [0.1, 0.15) is 41.3 Å². The third kappa shape index (κ3) is 20.1. The Balaban J connectivity index is 0.946. The van der Waals surface area contributed by atoms with Crippen molar-refractivity contribution in [2.45, 2.75) is 144 Å². The zero-order chi connectivity index (χ0) is 73.3. The van der Waals surface area contributed by atoms with Crippen molar-refractivity contribution in [2.24, 2.45) is 11.8 Å². The summed E-state index contributed by atoms with van der Waals surface area (Å²) in [5.74, 6) is -9.11. The fourth-order valence-corrected chi connectivity index (χ4v) is 13.9. The van der Waals surface area contributed by atoms with Gasteiger partial charge in [-0.3, -0.25) is 33.6 Å². The van der Waals surface area contributed by atoms with E-state index in [0.717, 1.165) is 104 Å². The predicted molar refractivity (Wildman–Crippen MR) is 365 cm³/mol. The van der Waals surface area contributed by atoms with Crippen molar-refractivity contribution in [1.82, 2.24) is 56.3 Å². The van der Waals surface area contributed by atoms with Gasteiger partial charge in [-0.2, -0.15) is 5.10 Å². The van der Waals surface area contributed by atoms with E-state index in [0.29, 0.717) is 22.1 Å². The summed E-state index contributed by atoms with van der Waals surface area (Å²) in [7, 11) is 1.70. The van der Waals surface area contributed by atoms with E-state index in [2.05, 4.69) is 58.3 Å². The summed E-state index contributed by atoms with van der Waals surface area (Å²) in [6.07, 6.45) is -6.90. The number of hydrogen-bond donors (Lipinski definition) is 16. The summed E-state index contributed by atoms with van der Waals surface area (Å²) in [6, 6.07) is 5.62. The summed E-state index contributed by atoms with van der Waals surface area (Å²) in [5.41, 5.74) is 3.28. The molecule has 6 heterocycles. The van der Waals surface area contributed by atoms with Crippen LogP contribution in [0.1, 0.15) is 74.7 Å². The number of ether oxygens (including phenoxy) is 2. The van der Waals surface area contributed by atoms with Gasteiger partial charge in [0.25, 0.3) is 18.2 Å². The van der Waals surface area contributed by atoms with Crippen LogP contribution in [0.3, 0.4) is 0 Å². The van der Waals surface area contributed by atoms with Crippen LogP contribution in [0.15, 0.2) is 72.9 Å². The average molecular weight is 1470 g/mol. The van der Waals surface area contributed by atoms with Gasteiger partial charge in [-0.15, -0.1) is 0 Å². The molecule has 0 aliphatic carbocycles. The van der Waals surface area contributed by atoms with Gasteiger partial charge >= 0.3 is 0 Å². The number of imidazole rings is 1. The maximum absolute atomic E-state index is 15.0. The normalized spacial score (nSPS) is 24.7. The molecule has 13 atom stereocenters. The van der Waals surface area contributed by atoms with Crippen LogP contribution in [0.25, 0.3) is 26.8 Å². The SMILES string of the molecule is COCCCCOCC1CCN(c2ccc(-c3nn4cc(-c5ccc(C(=O)N[C@H]6C[C@@H](O)CNC(=O)[C@@H]7[C@@H](O)[C@@H](C)CN7C(=O)[C@H]([C@H](O)CCNC(CO)CO)NC(=O)[C@H]([C@H](O)Cc7ccc(O)c(OSOOO)c7)NC(=O)[C@@H]7C[C@@H](O)CN7C(=O)[C@H]([C@@H](C)O)NC6=O)cc5)nc4s3)cc2)CC1. The second-order valence-electron chi connectivity index (χ2n) is 26.0. The number of carbonyl (C=O) groups is 7. The Bertz CT molecular complexity index is 3590. The lowest BCUT2D eigenvalue weighted by molar-refractivity contribution is -0.433. The van der Waals surface area contributed by atoms with Crippen molar-refractivity contribution >= 4 is 75.7 Å². The van der Waals surface area contributed by atoms with Gasteiger partial charge in [0.15, 0.2) is 11.5 Å². The number of anilines is 1. The molecule has 102 heavy (non-hydrogen) atoms. The zero-order valence-electron chi connectivity index (χ0n) is 56.4. The van der Waals surface area contributed by atoms with Crippen LogP contribution >= 0.6 is 23.7 Å². The summed E-state index contributed by atoms with van der Waals surface area (Å²) in [4.78, 5) is 112. The number of carbonyl (C=O) groups excluding carboxylic acids is 7. The van der Waals surface area contributed by atoms with E-state index in [1.165, 1.54) is 36.5 Å². The lowest BCUT2D eigenvalue weighted by atomic mass is 9.97. The first-order valence-corrected chi connectivity index (χ1v) is 35.1. The summed E-state index contributed by atoms with van der Waals surface area (Å²) in [6.45, 7) is 3.79. The molecule has 4 aliphatic rings. The minimum absolute atomic E-state index is 0.0120. The lowest BCUT2D eigenvalue weighted by Crippen LogP contribution is -2.64. The molecule has 0 spiro atoms. The van der Waals surface area contributed by atoms with Gasteiger partial charge in [-0.25, -0.2) is 14.8 Å². The van der Waals surface area contributed by atoms with Gasteiger partial charge in [-0.1, -0.05) is 45.8 Å². The van der Waals surface area contributed by atoms with Gasteiger partial charge < -0.3 is 106 Å². The number of hydrogen-bond acceptors (Lipinski definition) is 28. The highest BCUT2D eigenvalue weighted by Crippen LogP contribution is 2.34. The fourth-order valence-electron chi connectivity index (χ4n) is 12.7. The van der Waals surface area contributed by atoms with E-state index in [-0.39, 0.29) is 42.3 Å². The number of nitrogens with zero attached hydrogens (tertiary/aromatic N) is 6. The third-order valence-corrected chi connectivity index (χ3v) is 19.9. The number of piperidine rings is 1. The van der Waals surface area contributed by atoms with Gasteiger partial charge in [-0.05, 0) is 106 Å². The van der Waals surface area contributed by atoms with Crippen LogP contribution in [-0.2, 0) is 54.0 Å². The number of benzene rings is 3. The minimum Gasteiger partial charge on any atom is -0.504 e. The molecule has 7 amide bonds. The van der Waals surface area contributed by atoms with E-state index < -0.39 is 184 Å². The molecule has 2 aromatic heterocycles. The molecule has 0 saturated carbocycles. The number of aromatic hydroxyl groups is 1. The molecular formula is C66H90N12O22S2. The molecule has 558 valence electrons. The number of phenols is 1. The Morgan fingerprint density at radius 3 is 2.17 bits per heavy atom. The van der Waals surface area contributed by atoms with Gasteiger partial charge in [0, 0.05) is 107 Å². The third-order valence-electron chi connectivity index (χ3n) is 18.5. The molecule has 36 heteroatoms. The van der Waals surface area contributed by atoms with Crippen LogP contribution in [0, 0.1) is 11.8 Å². The number of methoxy groups -OCH3 is 1. The highest BCUT2D eigenvalue weighted by Gasteiger charge is 2.50. The van der Waals surface area contributed by atoms with Crippen LogP contribution in [-0.4, -0.2) is 275 Å². The number of β-amino-alcohol motifs (C(OH)–C–C–N with tert-alkyl or cyclic N) is 1. The Labute approximate surface area is 594 Å². The van der Waals surface area contributed by atoms with Crippen molar-refractivity contribution in [3.8, 4) is 33.3 Å². The van der Waals surface area contributed by atoms with E-state index in [1.807, 2.05) is 12.1 Å². The maximum Gasteiger partial charge on any atom is 0.261 e. The van der Waals surface area contributed by atoms with Crippen molar-refractivity contribution in [3.63, 3.8) is 0 Å². The molecule has 4 aliphatic heterocycles. The van der Waals surface area contributed by atoms with Gasteiger partial charge in [0.2, 0.25) is 40.4 Å². The highest BCUT2D eigenvalue weighted by atomic mass is 32.2. The van der Waals surface area contributed by atoms with E-state index in [9.17, 15) is 74.7 Å². The molecule has 5 aromatic rings. The number of nitrogens with one attached hydrogen (secondary N) is 6. The minimum atomic E-state index is -2.16. The number of phenolic OH excluding ortho intramolecular Hbond substituents is 1.